The van der Waals surface area contributed by atoms with Gasteiger partial charge in [0.1, 0.15) is 11.6 Å². The Morgan fingerprint density at radius 2 is 1.77 bits per heavy atom. The Morgan fingerprint density at radius 3 is 2.54 bits per heavy atom. The highest BCUT2D eigenvalue weighted by atomic mass is 32.2. The molecule has 1 heterocycles. The fraction of sp³-hybridized carbons (Fsp3) is 0.154. The SMILES string of the molecule is C=CCn1c(CC(=O)Nc2ccc(OC)cc2)nnc1SCC(=O)Nc1cccc2ccccc12. The molecule has 0 saturated heterocycles. The topological polar surface area (TPSA) is 98.1 Å². The molecule has 0 saturated carbocycles. The number of nitrogens with zero attached hydrogens (tertiary/aromatic N) is 3. The number of hydrogen-bond acceptors (Lipinski definition) is 6. The maximum Gasteiger partial charge on any atom is 0.234 e. The largest absolute Gasteiger partial charge is 0.497 e. The molecular weight excluding hydrogens is 462 g/mol. The molecule has 1 aromatic heterocycles. The van der Waals surface area contributed by atoms with Gasteiger partial charge in [-0.2, -0.15) is 0 Å². The fourth-order valence-electron chi connectivity index (χ4n) is 3.54. The van der Waals surface area contributed by atoms with E-state index < -0.39 is 0 Å². The van der Waals surface area contributed by atoms with Crippen LogP contribution in [0.4, 0.5) is 11.4 Å². The molecule has 2 amide bonds. The molecule has 2 N–H and O–H groups in total. The number of carbonyl (C=O) groups excluding carboxylic acids is 2. The molecule has 0 aliphatic carbocycles. The third kappa shape index (κ3) is 6.07. The summed E-state index contributed by atoms with van der Waals surface area (Å²) in [5, 5.41) is 16.8. The van der Waals surface area contributed by atoms with Gasteiger partial charge in [-0.25, -0.2) is 0 Å². The zero-order valence-corrected chi connectivity index (χ0v) is 20.0. The summed E-state index contributed by atoms with van der Waals surface area (Å²) >= 11 is 1.26. The number of allylic oxidation sites excluding steroid dienone is 1. The average Bonchev–Trinajstić information content (AvgIpc) is 3.24. The van der Waals surface area contributed by atoms with Gasteiger partial charge in [-0.15, -0.1) is 16.8 Å². The van der Waals surface area contributed by atoms with E-state index in [0.717, 1.165) is 16.5 Å². The number of fused-ring (bicyclic) bond motifs is 1. The van der Waals surface area contributed by atoms with Gasteiger partial charge in [0.2, 0.25) is 11.8 Å². The van der Waals surface area contributed by atoms with Gasteiger partial charge in [-0.05, 0) is 35.7 Å². The molecule has 3 aromatic carbocycles. The first-order valence-corrected chi connectivity index (χ1v) is 11.9. The van der Waals surface area contributed by atoms with Crippen LogP contribution in [0.2, 0.25) is 0 Å². The predicted octanol–water partition coefficient (Wildman–Crippen LogP) is 4.54. The number of amides is 2. The van der Waals surface area contributed by atoms with Gasteiger partial charge in [0.05, 0.1) is 19.3 Å². The Bertz CT molecular complexity index is 1350. The first kappa shape index (κ1) is 24.0. The number of carbonyl (C=O) groups is 2. The van der Waals surface area contributed by atoms with Crippen LogP contribution in [-0.2, 0) is 22.6 Å². The van der Waals surface area contributed by atoms with Crippen molar-refractivity contribution in [1.29, 1.82) is 0 Å². The minimum absolute atomic E-state index is 0.0373. The summed E-state index contributed by atoms with van der Waals surface area (Å²) in [7, 11) is 1.59. The molecule has 0 unspecified atom stereocenters. The molecule has 0 bridgehead atoms. The predicted molar refractivity (Wildman–Crippen MR) is 139 cm³/mol. The van der Waals surface area contributed by atoms with Crippen molar-refractivity contribution in [3.8, 4) is 5.75 Å². The molecule has 0 aliphatic heterocycles. The summed E-state index contributed by atoms with van der Waals surface area (Å²) in [4.78, 5) is 25.2. The van der Waals surface area contributed by atoms with Gasteiger partial charge in [-0.3, -0.25) is 9.59 Å². The van der Waals surface area contributed by atoms with Crippen molar-refractivity contribution in [2.24, 2.45) is 0 Å². The summed E-state index contributed by atoms with van der Waals surface area (Å²) in [6.45, 7) is 4.21. The zero-order valence-electron chi connectivity index (χ0n) is 19.2. The van der Waals surface area contributed by atoms with E-state index in [2.05, 4.69) is 27.4 Å². The Kier molecular flexibility index (Phi) is 7.79. The van der Waals surface area contributed by atoms with Gasteiger partial charge in [0, 0.05) is 23.3 Å². The van der Waals surface area contributed by atoms with Gasteiger partial charge in [0.15, 0.2) is 5.16 Å². The van der Waals surface area contributed by atoms with Crippen LogP contribution in [0, 0.1) is 0 Å². The van der Waals surface area contributed by atoms with Crippen LogP contribution in [-0.4, -0.2) is 39.4 Å². The second-order valence-electron chi connectivity index (χ2n) is 7.62. The van der Waals surface area contributed by atoms with Crippen molar-refractivity contribution in [3.63, 3.8) is 0 Å². The Balaban J connectivity index is 1.39. The number of anilines is 2. The number of hydrogen-bond donors (Lipinski definition) is 2. The second-order valence-corrected chi connectivity index (χ2v) is 8.56. The standard InChI is InChI=1S/C26H25N5O3S/c1-3-15-31-23(16-24(32)27-19-11-13-20(34-2)14-12-19)29-30-26(31)35-17-25(33)28-22-10-6-8-18-7-4-5-9-21(18)22/h3-14H,1,15-17H2,2H3,(H,27,32)(H,28,33). The van der Waals surface area contributed by atoms with Gasteiger partial charge in [0.25, 0.3) is 0 Å². The maximum absolute atomic E-state index is 12.6. The highest BCUT2D eigenvalue weighted by Crippen LogP contribution is 2.24. The van der Waals surface area contributed by atoms with E-state index >= 15 is 0 Å². The molecule has 8 nitrogen and oxygen atoms in total. The van der Waals surface area contributed by atoms with E-state index in [1.807, 2.05) is 42.5 Å². The van der Waals surface area contributed by atoms with Crippen molar-refractivity contribution in [3.05, 3.63) is 85.2 Å². The number of methoxy groups -OCH3 is 1. The lowest BCUT2D eigenvalue weighted by Crippen LogP contribution is -2.18. The number of nitrogens with one attached hydrogen (secondary N) is 2. The van der Waals surface area contributed by atoms with E-state index in [-0.39, 0.29) is 24.0 Å². The van der Waals surface area contributed by atoms with Crippen LogP contribution >= 0.6 is 11.8 Å². The van der Waals surface area contributed by atoms with Crippen LogP contribution in [0.3, 0.4) is 0 Å². The highest BCUT2D eigenvalue weighted by molar-refractivity contribution is 7.99. The molecule has 0 fully saturated rings. The van der Waals surface area contributed by atoms with E-state index in [9.17, 15) is 9.59 Å². The quantitative estimate of drug-likeness (QED) is 0.252. The zero-order chi connectivity index (χ0) is 24.6. The van der Waals surface area contributed by atoms with Crippen molar-refractivity contribution >= 4 is 45.7 Å². The monoisotopic (exact) mass is 487 g/mol. The van der Waals surface area contributed by atoms with E-state index in [1.165, 1.54) is 11.8 Å². The number of benzene rings is 3. The van der Waals surface area contributed by atoms with E-state index in [1.54, 1.807) is 42.0 Å². The molecule has 0 atom stereocenters. The lowest BCUT2D eigenvalue weighted by molar-refractivity contribution is -0.116. The van der Waals surface area contributed by atoms with Crippen LogP contribution in [0.15, 0.2) is 84.5 Å². The van der Waals surface area contributed by atoms with Gasteiger partial charge in [-0.1, -0.05) is 54.2 Å². The molecule has 0 radical (unpaired) electrons. The summed E-state index contributed by atoms with van der Waals surface area (Å²) in [6.07, 6.45) is 1.74. The molecule has 0 spiro atoms. The first-order valence-electron chi connectivity index (χ1n) is 10.9. The van der Waals surface area contributed by atoms with Crippen LogP contribution in [0.1, 0.15) is 5.82 Å². The molecule has 0 aliphatic rings. The summed E-state index contributed by atoms with van der Waals surface area (Å²) in [6, 6.07) is 20.8. The average molecular weight is 488 g/mol. The van der Waals surface area contributed by atoms with Crippen molar-refractivity contribution < 1.29 is 14.3 Å². The van der Waals surface area contributed by atoms with Gasteiger partial charge < -0.3 is 19.9 Å². The number of aromatic nitrogens is 3. The third-order valence-electron chi connectivity index (χ3n) is 5.19. The molecular formula is C26H25N5O3S. The maximum atomic E-state index is 12.6. The summed E-state index contributed by atoms with van der Waals surface area (Å²) in [5.41, 5.74) is 1.42. The molecule has 178 valence electrons. The van der Waals surface area contributed by atoms with Crippen molar-refractivity contribution in [2.75, 3.05) is 23.5 Å². The number of rotatable bonds is 10. The lowest BCUT2D eigenvalue weighted by Gasteiger charge is -2.10. The molecule has 4 rings (SSSR count). The summed E-state index contributed by atoms with van der Waals surface area (Å²) < 4.78 is 6.92. The van der Waals surface area contributed by atoms with Crippen molar-refractivity contribution in [2.45, 2.75) is 18.1 Å². The fourth-order valence-corrected chi connectivity index (χ4v) is 4.31. The Hall–Kier alpha value is -4.11. The molecule has 35 heavy (non-hydrogen) atoms. The molecule has 4 aromatic rings. The van der Waals surface area contributed by atoms with E-state index in [4.69, 9.17) is 4.74 Å². The summed E-state index contributed by atoms with van der Waals surface area (Å²) in [5.74, 6) is 0.973. The van der Waals surface area contributed by atoms with Crippen LogP contribution in [0.5, 0.6) is 5.75 Å². The normalized spacial score (nSPS) is 10.7. The van der Waals surface area contributed by atoms with E-state index in [0.29, 0.717) is 29.0 Å². The minimum atomic E-state index is -0.224. The lowest BCUT2D eigenvalue weighted by atomic mass is 10.1. The van der Waals surface area contributed by atoms with Crippen LogP contribution < -0.4 is 15.4 Å². The Morgan fingerprint density at radius 1 is 1.00 bits per heavy atom. The third-order valence-corrected chi connectivity index (χ3v) is 6.16. The minimum Gasteiger partial charge on any atom is -0.497 e. The van der Waals surface area contributed by atoms with Gasteiger partial charge >= 0.3 is 0 Å². The van der Waals surface area contributed by atoms with Crippen LogP contribution in [0.25, 0.3) is 10.8 Å². The molecule has 9 heteroatoms. The van der Waals surface area contributed by atoms with Crippen molar-refractivity contribution in [1.82, 2.24) is 14.8 Å². The first-order chi connectivity index (χ1) is 17.1. The smallest absolute Gasteiger partial charge is 0.234 e. The number of ether oxygens (including phenoxy) is 1. The Labute approximate surface area is 207 Å². The number of thioether (sulfide) groups is 1. The highest BCUT2D eigenvalue weighted by Gasteiger charge is 2.17. The second kappa shape index (κ2) is 11.3.